The van der Waals surface area contributed by atoms with Crippen LogP contribution in [-0.4, -0.2) is 18.3 Å². The second kappa shape index (κ2) is 3.40. The molecule has 0 fully saturated rings. The first kappa shape index (κ1) is 10.9. The number of aliphatic hydroxyl groups excluding tert-OH is 1. The van der Waals surface area contributed by atoms with Crippen molar-refractivity contribution in [3.05, 3.63) is 47.5 Å². The maximum atomic E-state index is 9.96. The first-order valence-corrected chi connectivity index (χ1v) is 5.55. The largest absolute Gasteiger partial charge is 0.390 e. The van der Waals surface area contributed by atoms with E-state index >= 15 is 0 Å². The molecule has 90 valence electrons. The van der Waals surface area contributed by atoms with Crippen LogP contribution in [0.3, 0.4) is 0 Å². The molecule has 17 heavy (non-hydrogen) atoms. The van der Waals surface area contributed by atoms with Crippen LogP contribution in [0.1, 0.15) is 18.1 Å². The third-order valence-corrected chi connectivity index (χ3v) is 3.50. The summed E-state index contributed by atoms with van der Waals surface area (Å²) in [7, 11) is 1.56. The zero-order valence-electron chi connectivity index (χ0n) is 9.71. The van der Waals surface area contributed by atoms with Crippen molar-refractivity contribution in [1.82, 2.24) is 0 Å². The SMILES string of the molecule is CO[C@@]12C=C[C@@]([C@@H](C)O)(OO1)c1ccccc12. The first-order chi connectivity index (χ1) is 8.15. The van der Waals surface area contributed by atoms with Crippen LogP contribution >= 0.6 is 0 Å². The average molecular weight is 234 g/mol. The van der Waals surface area contributed by atoms with Crippen molar-refractivity contribution in [1.29, 1.82) is 0 Å². The van der Waals surface area contributed by atoms with E-state index in [-0.39, 0.29) is 0 Å². The number of hydrogen-bond donors (Lipinski definition) is 1. The minimum absolute atomic E-state index is 0.713. The van der Waals surface area contributed by atoms with E-state index in [2.05, 4.69) is 0 Å². The first-order valence-electron chi connectivity index (χ1n) is 5.55. The van der Waals surface area contributed by atoms with Gasteiger partial charge in [0.1, 0.15) is 0 Å². The van der Waals surface area contributed by atoms with E-state index in [0.29, 0.717) is 0 Å². The Hall–Kier alpha value is -1.20. The van der Waals surface area contributed by atoms with Gasteiger partial charge >= 0.3 is 0 Å². The lowest BCUT2D eigenvalue weighted by molar-refractivity contribution is -0.480. The summed E-state index contributed by atoms with van der Waals surface area (Å²) in [6.07, 6.45) is 2.87. The minimum Gasteiger partial charge on any atom is -0.390 e. The smallest absolute Gasteiger partial charge is 0.247 e. The van der Waals surface area contributed by atoms with Gasteiger partial charge in [-0.2, -0.15) is 4.89 Å². The fourth-order valence-electron chi connectivity index (χ4n) is 2.46. The van der Waals surface area contributed by atoms with Gasteiger partial charge in [-0.05, 0) is 19.1 Å². The molecule has 0 saturated heterocycles. The summed E-state index contributed by atoms with van der Waals surface area (Å²) >= 11 is 0. The summed E-state index contributed by atoms with van der Waals surface area (Å²) in [5, 5.41) is 9.96. The second-order valence-electron chi connectivity index (χ2n) is 4.39. The van der Waals surface area contributed by atoms with Crippen LogP contribution < -0.4 is 0 Å². The molecule has 0 radical (unpaired) electrons. The topological polar surface area (TPSA) is 47.9 Å². The summed E-state index contributed by atoms with van der Waals surface area (Å²) in [5.74, 6) is -0.993. The fraction of sp³-hybridized carbons (Fsp3) is 0.385. The lowest BCUT2D eigenvalue weighted by Gasteiger charge is -2.48. The van der Waals surface area contributed by atoms with Gasteiger partial charge in [0.05, 0.1) is 6.10 Å². The van der Waals surface area contributed by atoms with E-state index in [0.717, 1.165) is 11.1 Å². The number of methoxy groups -OCH3 is 1. The number of fused-ring (bicyclic) bond motifs is 1. The van der Waals surface area contributed by atoms with Crippen molar-refractivity contribution >= 4 is 0 Å². The fourth-order valence-corrected chi connectivity index (χ4v) is 2.46. The molecule has 4 heteroatoms. The Kier molecular flexibility index (Phi) is 2.18. The van der Waals surface area contributed by atoms with Crippen molar-refractivity contribution in [2.75, 3.05) is 7.11 Å². The third kappa shape index (κ3) is 1.21. The molecular weight excluding hydrogens is 220 g/mol. The van der Waals surface area contributed by atoms with Gasteiger partial charge < -0.3 is 9.84 Å². The number of ether oxygens (including phenoxy) is 1. The standard InChI is InChI=1S/C13H14O4/c1-9(14)12-7-8-13(15-2,17-16-12)11-6-4-3-5-10(11)12/h3-9,14H,1-2H3/t9-,12+,13+/m1/s1. The number of aliphatic hydroxyl groups is 1. The highest BCUT2D eigenvalue weighted by molar-refractivity contribution is 5.46. The van der Waals surface area contributed by atoms with Crippen molar-refractivity contribution in [3.8, 4) is 0 Å². The molecule has 1 aliphatic carbocycles. The molecule has 0 amide bonds. The van der Waals surface area contributed by atoms with Gasteiger partial charge in [-0.3, -0.25) is 0 Å². The lowest BCUT2D eigenvalue weighted by Crippen LogP contribution is -2.52. The van der Waals surface area contributed by atoms with Gasteiger partial charge in [-0.25, -0.2) is 4.89 Å². The van der Waals surface area contributed by atoms with Crippen LogP contribution in [-0.2, 0) is 25.9 Å². The summed E-state index contributed by atoms with van der Waals surface area (Å²) in [6.45, 7) is 1.68. The predicted molar refractivity (Wildman–Crippen MR) is 59.8 cm³/mol. The summed E-state index contributed by atoms with van der Waals surface area (Å²) < 4.78 is 5.40. The third-order valence-electron chi connectivity index (χ3n) is 3.50. The number of benzene rings is 1. The van der Waals surface area contributed by atoms with Crippen LogP contribution in [0.15, 0.2) is 36.4 Å². The van der Waals surface area contributed by atoms with E-state index < -0.39 is 17.5 Å². The Bertz CT molecular complexity index is 482. The zero-order valence-corrected chi connectivity index (χ0v) is 9.71. The van der Waals surface area contributed by atoms with Gasteiger partial charge in [0.2, 0.25) is 5.79 Å². The van der Waals surface area contributed by atoms with E-state index in [1.54, 1.807) is 26.2 Å². The molecule has 4 rings (SSSR count). The quantitative estimate of drug-likeness (QED) is 0.623. The molecular formula is C13H14O4. The normalized spacial score (nSPS) is 35.7. The van der Waals surface area contributed by atoms with Crippen molar-refractivity contribution in [3.63, 3.8) is 0 Å². The molecule has 0 unspecified atom stereocenters. The van der Waals surface area contributed by atoms with Crippen LogP contribution in [0.25, 0.3) is 0 Å². The highest BCUT2D eigenvalue weighted by Gasteiger charge is 2.54. The van der Waals surface area contributed by atoms with Gasteiger partial charge in [0, 0.05) is 18.2 Å². The summed E-state index contributed by atoms with van der Waals surface area (Å²) in [6, 6.07) is 7.65. The molecule has 1 aromatic rings. The maximum absolute atomic E-state index is 9.96. The predicted octanol–water partition coefficient (Wildman–Crippen LogP) is 1.59. The molecule has 1 aromatic carbocycles. The molecule has 2 aliphatic heterocycles. The van der Waals surface area contributed by atoms with Crippen LogP contribution in [0.2, 0.25) is 0 Å². The molecule has 4 nitrogen and oxygen atoms in total. The zero-order chi connectivity index (χ0) is 12.1. The van der Waals surface area contributed by atoms with Crippen molar-refractivity contribution < 1.29 is 19.6 Å². The molecule has 0 saturated carbocycles. The maximum Gasteiger partial charge on any atom is 0.247 e. The Labute approximate surface area is 99.3 Å². The summed E-state index contributed by atoms with van der Waals surface area (Å²) in [5.41, 5.74) is 0.819. The molecule has 2 heterocycles. The van der Waals surface area contributed by atoms with Gasteiger partial charge in [0.25, 0.3) is 0 Å². The van der Waals surface area contributed by atoms with Crippen molar-refractivity contribution in [2.45, 2.75) is 24.4 Å². The second-order valence-corrected chi connectivity index (χ2v) is 4.39. The Balaban J connectivity index is 2.27. The molecule has 3 aliphatic rings. The molecule has 3 atom stereocenters. The van der Waals surface area contributed by atoms with Gasteiger partial charge in [-0.1, -0.05) is 24.3 Å². The van der Waals surface area contributed by atoms with E-state index in [1.807, 2.05) is 24.3 Å². The summed E-state index contributed by atoms with van der Waals surface area (Å²) in [4.78, 5) is 10.7. The molecule has 0 aromatic heterocycles. The Morgan fingerprint density at radius 3 is 2.41 bits per heavy atom. The van der Waals surface area contributed by atoms with E-state index in [1.165, 1.54) is 0 Å². The number of hydrogen-bond acceptors (Lipinski definition) is 4. The van der Waals surface area contributed by atoms with E-state index in [4.69, 9.17) is 14.5 Å². The Morgan fingerprint density at radius 2 is 1.88 bits per heavy atom. The monoisotopic (exact) mass is 234 g/mol. The number of rotatable bonds is 2. The highest BCUT2D eigenvalue weighted by atomic mass is 17.2. The van der Waals surface area contributed by atoms with Gasteiger partial charge in [0.15, 0.2) is 5.60 Å². The van der Waals surface area contributed by atoms with E-state index in [9.17, 15) is 5.11 Å². The molecule has 1 N–H and O–H groups in total. The highest BCUT2D eigenvalue weighted by Crippen LogP contribution is 2.50. The lowest BCUT2D eigenvalue weighted by atomic mass is 9.77. The van der Waals surface area contributed by atoms with Gasteiger partial charge in [-0.15, -0.1) is 0 Å². The average Bonchev–Trinajstić information content (AvgIpc) is 2.40. The minimum atomic E-state index is -0.993. The van der Waals surface area contributed by atoms with Crippen LogP contribution in [0.4, 0.5) is 0 Å². The van der Waals surface area contributed by atoms with Crippen LogP contribution in [0, 0.1) is 0 Å². The Morgan fingerprint density at radius 1 is 1.18 bits per heavy atom. The molecule has 0 spiro atoms. The molecule has 2 bridgehead atoms. The van der Waals surface area contributed by atoms with Crippen molar-refractivity contribution in [2.24, 2.45) is 0 Å². The van der Waals surface area contributed by atoms with Crippen LogP contribution in [0.5, 0.6) is 0 Å².